The van der Waals surface area contributed by atoms with Gasteiger partial charge in [0.1, 0.15) is 0 Å². The highest BCUT2D eigenvalue weighted by atomic mass is 19.1. The van der Waals surface area contributed by atoms with Gasteiger partial charge in [-0.2, -0.15) is 0 Å². The van der Waals surface area contributed by atoms with E-state index in [1.165, 1.54) is 19.2 Å². The molecule has 0 saturated heterocycles. The molecule has 3 nitrogen and oxygen atoms in total. The van der Waals surface area contributed by atoms with E-state index in [9.17, 15) is 9.18 Å². The van der Waals surface area contributed by atoms with Crippen LogP contribution in [0.25, 0.3) is 0 Å². The van der Waals surface area contributed by atoms with Gasteiger partial charge >= 0.3 is 0 Å². The number of halogens is 1. The first-order valence-electron chi connectivity index (χ1n) is 6.13. The predicted octanol–water partition coefficient (Wildman–Crippen LogP) is 2.53. The van der Waals surface area contributed by atoms with Gasteiger partial charge < -0.3 is 10.5 Å². The molecule has 2 unspecified atom stereocenters. The second-order valence-corrected chi connectivity index (χ2v) is 5.09. The van der Waals surface area contributed by atoms with Crippen molar-refractivity contribution in [1.82, 2.24) is 0 Å². The molecule has 0 radical (unpaired) electrons. The Morgan fingerprint density at radius 1 is 1.56 bits per heavy atom. The molecule has 1 aromatic carbocycles. The van der Waals surface area contributed by atoms with Crippen LogP contribution in [0.1, 0.15) is 36.5 Å². The van der Waals surface area contributed by atoms with Gasteiger partial charge in [0, 0.05) is 17.0 Å². The van der Waals surface area contributed by atoms with Crippen LogP contribution < -0.4 is 10.5 Å². The number of carbonyl (C=O) groups is 1. The molecule has 0 spiro atoms. The van der Waals surface area contributed by atoms with Gasteiger partial charge in [-0.15, -0.1) is 0 Å². The third kappa shape index (κ3) is 2.01. The summed E-state index contributed by atoms with van der Waals surface area (Å²) in [6.07, 6.45) is 2.56. The summed E-state index contributed by atoms with van der Waals surface area (Å²) in [4.78, 5) is 12.4. The Bertz CT molecular complexity index is 475. The van der Waals surface area contributed by atoms with Gasteiger partial charge in [0.25, 0.3) is 0 Å². The third-order valence-corrected chi connectivity index (χ3v) is 3.96. The first-order chi connectivity index (χ1) is 8.49. The lowest BCUT2D eigenvalue weighted by Gasteiger charge is -2.27. The largest absolute Gasteiger partial charge is 0.494 e. The zero-order valence-corrected chi connectivity index (χ0v) is 10.7. The molecule has 0 aromatic heterocycles. The van der Waals surface area contributed by atoms with Gasteiger partial charge in [-0.25, -0.2) is 4.39 Å². The van der Waals surface area contributed by atoms with E-state index in [0.29, 0.717) is 5.56 Å². The quantitative estimate of drug-likeness (QED) is 0.840. The Labute approximate surface area is 106 Å². The highest BCUT2D eigenvalue weighted by molar-refractivity contribution is 6.01. The van der Waals surface area contributed by atoms with Crippen molar-refractivity contribution in [2.75, 3.05) is 7.11 Å². The summed E-state index contributed by atoms with van der Waals surface area (Å²) in [5, 5.41) is 0. The molecule has 0 bridgehead atoms. The van der Waals surface area contributed by atoms with E-state index in [4.69, 9.17) is 10.5 Å². The lowest BCUT2D eigenvalue weighted by Crippen LogP contribution is -2.41. The molecule has 2 atom stereocenters. The number of ether oxygens (including phenoxy) is 1. The normalized spacial score (nSPS) is 27.2. The molecular formula is C14H18FNO2. The summed E-state index contributed by atoms with van der Waals surface area (Å²) in [7, 11) is 1.40. The first kappa shape index (κ1) is 13.0. The summed E-state index contributed by atoms with van der Waals surface area (Å²) in [5.74, 6) is -0.444. The molecular weight excluding hydrogens is 233 g/mol. The van der Waals surface area contributed by atoms with Gasteiger partial charge in [-0.05, 0) is 31.0 Å². The van der Waals surface area contributed by atoms with Crippen LogP contribution in [-0.4, -0.2) is 18.9 Å². The van der Waals surface area contributed by atoms with Gasteiger partial charge in [0.15, 0.2) is 17.3 Å². The van der Waals surface area contributed by atoms with Crippen LogP contribution in [0.3, 0.4) is 0 Å². The third-order valence-electron chi connectivity index (χ3n) is 3.96. The molecule has 1 aliphatic carbocycles. The predicted molar refractivity (Wildman–Crippen MR) is 67.2 cm³/mol. The molecule has 1 aromatic rings. The van der Waals surface area contributed by atoms with Crippen LogP contribution in [0, 0.1) is 11.2 Å². The lowest BCUT2D eigenvalue weighted by atomic mass is 9.78. The summed E-state index contributed by atoms with van der Waals surface area (Å²) in [6, 6.07) is 4.17. The molecule has 98 valence electrons. The number of ketones is 1. The smallest absolute Gasteiger partial charge is 0.170 e. The SMILES string of the molecule is COc1ccc(C(=O)C2(C)CCCC2N)cc1F. The summed E-state index contributed by atoms with van der Waals surface area (Å²) in [6.45, 7) is 1.87. The van der Waals surface area contributed by atoms with E-state index in [0.717, 1.165) is 19.3 Å². The maximum atomic E-state index is 13.6. The zero-order valence-electron chi connectivity index (χ0n) is 10.7. The van der Waals surface area contributed by atoms with E-state index in [1.54, 1.807) is 6.07 Å². The van der Waals surface area contributed by atoms with E-state index >= 15 is 0 Å². The highest BCUT2D eigenvalue weighted by Gasteiger charge is 2.43. The Morgan fingerprint density at radius 3 is 2.78 bits per heavy atom. The van der Waals surface area contributed by atoms with Crippen molar-refractivity contribution in [3.8, 4) is 5.75 Å². The van der Waals surface area contributed by atoms with Crippen molar-refractivity contribution < 1.29 is 13.9 Å². The van der Waals surface area contributed by atoms with E-state index < -0.39 is 11.2 Å². The van der Waals surface area contributed by atoms with Crippen molar-refractivity contribution in [1.29, 1.82) is 0 Å². The van der Waals surface area contributed by atoms with E-state index in [1.807, 2.05) is 6.92 Å². The molecule has 2 rings (SSSR count). The number of Topliss-reactive ketones (excluding diaryl/α,β-unsaturated/α-hetero) is 1. The van der Waals surface area contributed by atoms with E-state index in [-0.39, 0.29) is 17.6 Å². The van der Waals surface area contributed by atoms with Crippen molar-refractivity contribution >= 4 is 5.78 Å². The average molecular weight is 251 g/mol. The number of rotatable bonds is 3. The maximum Gasteiger partial charge on any atom is 0.170 e. The van der Waals surface area contributed by atoms with Crippen molar-refractivity contribution in [2.45, 2.75) is 32.2 Å². The Hall–Kier alpha value is -1.42. The number of hydrogen-bond acceptors (Lipinski definition) is 3. The minimum atomic E-state index is -0.568. The summed E-state index contributed by atoms with van der Waals surface area (Å²) in [5.41, 5.74) is 5.81. The van der Waals surface area contributed by atoms with Crippen molar-refractivity contribution in [3.05, 3.63) is 29.6 Å². The number of methoxy groups -OCH3 is 1. The van der Waals surface area contributed by atoms with Crippen LogP contribution in [0.15, 0.2) is 18.2 Å². The molecule has 0 amide bonds. The van der Waals surface area contributed by atoms with Gasteiger partial charge in [0.05, 0.1) is 7.11 Å². The Morgan fingerprint density at radius 2 is 2.28 bits per heavy atom. The Kier molecular flexibility index (Phi) is 3.39. The van der Waals surface area contributed by atoms with Gasteiger partial charge in [-0.3, -0.25) is 4.79 Å². The standard InChI is InChI=1S/C14H18FNO2/c1-14(7-3-4-12(14)16)13(17)9-5-6-11(18-2)10(15)8-9/h5-6,8,12H,3-4,7,16H2,1-2H3. The van der Waals surface area contributed by atoms with Gasteiger partial charge in [-0.1, -0.05) is 13.3 Å². The zero-order chi connectivity index (χ0) is 13.3. The molecule has 18 heavy (non-hydrogen) atoms. The fourth-order valence-electron chi connectivity index (χ4n) is 2.61. The first-order valence-corrected chi connectivity index (χ1v) is 6.13. The van der Waals surface area contributed by atoms with Crippen LogP contribution >= 0.6 is 0 Å². The average Bonchev–Trinajstić information content (AvgIpc) is 2.70. The fraction of sp³-hybridized carbons (Fsp3) is 0.500. The topological polar surface area (TPSA) is 52.3 Å². The number of carbonyl (C=O) groups excluding carboxylic acids is 1. The highest BCUT2D eigenvalue weighted by Crippen LogP contribution is 2.39. The van der Waals surface area contributed by atoms with Gasteiger partial charge in [0.2, 0.25) is 0 Å². The second kappa shape index (κ2) is 4.69. The molecule has 0 aliphatic heterocycles. The fourth-order valence-corrected chi connectivity index (χ4v) is 2.61. The monoisotopic (exact) mass is 251 g/mol. The molecule has 0 heterocycles. The Balaban J connectivity index is 2.32. The summed E-state index contributed by atoms with van der Waals surface area (Å²) < 4.78 is 18.5. The van der Waals surface area contributed by atoms with Crippen molar-refractivity contribution in [2.24, 2.45) is 11.1 Å². The van der Waals surface area contributed by atoms with Crippen LogP contribution in [0.5, 0.6) is 5.75 Å². The second-order valence-electron chi connectivity index (χ2n) is 5.09. The molecule has 1 aliphatic rings. The minimum Gasteiger partial charge on any atom is -0.494 e. The van der Waals surface area contributed by atoms with Crippen LogP contribution in [0.4, 0.5) is 4.39 Å². The van der Waals surface area contributed by atoms with Crippen molar-refractivity contribution in [3.63, 3.8) is 0 Å². The van der Waals surface area contributed by atoms with Crippen LogP contribution in [-0.2, 0) is 0 Å². The molecule has 4 heteroatoms. The number of nitrogens with two attached hydrogens (primary N) is 1. The molecule has 1 fully saturated rings. The summed E-state index contributed by atoms with van der Waals surface area (Å²) >= 11 is 0. The minimum absolute atomic E-state index is 0.0750. The number of benzene rings is 1. The maximum absolute atomic E-state index is 13.6. The molecule has 1 saturated carbocycles. The lowest BCUT2D eigenvalue weighted by molar-refractivity contribution is 0.0802. The van der Waals surface area contributed by atoms with E-state index in [2.05, 4.69) is 0 Å². The van der Waals surface area contributed by atoms with Crippen LogP contribution in [0.2, 0.25) is 0 Å². The number of hydrogen-bond donors (Lipinski definition) is 1. The molecule has 2 N–H and O–H groups in total.